The van der Waals surface area contributed by atoms with Gasteiger partial charge >= 0.3 is 0 Å². The van der Waals surface area contributed by atoms with Gasteiger partial charge in [0.1, 0.15) is 0 Å². The van der Waals surface area contributed by atoms with E-state index in [1.165, 1.54) is 6.07 Å². The highest BCUT2D eigenvalue weighted by molar-refractivity contribution is 5.74. The molecule has 0 N–H and O–H groups in total. The van der Waals surface area contributed by atoms with Crippen LogP contribution < -0.4 is 0 Å². The fourth-order valence-electron chi connectivity index (χ4n) is 5.30. The van der Waals surface area contributed by atoms with E-state index in [1.807, 2.05) is 0 Å². The van der Waals surface area contributed by atoms with E-state index in [-0.39, 0.29) is 5.56 Å². The van der Waals surface area contributed by atoms with Crippen LogP contribution in [0, 0.1) is 40.8 Å². The maximum atomic E-state index is 15.3. The van der Waals surface area contributed by atoms with Gasteiger partial charge in [0.25, 0.3) is 0 Å². The second kappa shape index (κ2) is 10.9. The average Bonchev–Trinajstić information content (AvgIpc) is 2.88. The molecular weight excluding hydrogens is 462 g/mol. The molecule has 0 aliphatic heterocycles. The lowest BCUT2D eigenvalue weighted by Crippen LogP contribution is -2.18. The molecule has 1 saturated carbocycles. The van der Waals surface area contributed by atoms with E-state index in [1.54, 1.807) is 30.3 Å². The summed E-state index contributed by atoms with van der Waals surface area (Å²) in [5.41, 5.74) is -1.41. The molecule has 186 valence electrons. The molecule has 3 aromatic carbocycles. The zero-order valence-corrected chi connectivity index (χ0v) is 19.6. The molecule has 0 atom stereocenters. The van der Waals surface area contributed by atoms with Gasteiger partial charge in [-0.25, -0.2) is 26.3 Å². The second-order valence-electron chi connectivity index (χ2n) is 9.41. The quantitative estimate of drug-likeness (QED) is 0.134. The molecule has 0 radical (unpaired) electrons. The predicted molar refractivity (Wildman–Crippen MR) is 126 cm³/mol. The van der Waals surface area contributed by atoms with Crippen molar-refractivity contribution in [3.63, 3.8) is 0 Å². The van der Waals surface area contributed by atoms with Crippen LogP contribution in [0.2, 0.25) is 0 Å². The molecule has 0 spiro atoms. The summed E-state index contributed by atoms with van der Waals surface area (Å²) >= 11 is 0. The lowest BCUT2D eigenvalue weighted by Gasteiger charge is -2.30. The number of rotatable bonds is 7. The van der Waals surface area contributed by atoms with E-state index in [9.17, 15) is 8.78 Å². The summed E-state index contributed by atoms with van der Waals surface area (Å²) in [6.45, 7) is 2.12. The third-order valence-electron chi connectivity index (χ3n) is 7.21. The highest BCUT2D eigenvalue weighted by Crippen LogP contribution is 2.45. The molecule has 1 aliphatic carbocycles. The van der Waals surface area contributed by atoms with E-state index in [4.69, 9.17) is 0 Å². The first-order valence-electron chi connectivity index (χ1n) is 12.2. The summed E-state index contributed by atoms with van der Waals surface area (Å²) in [5.74, 6) is -10.1. The summed E-state index contributed by atoms with van der Waals surface area (Å²) in [7, 11) is 0. The van der Waals surface area contributed by atoms with Crippen molar-refractivity contribution in [1.82, 2.24) is 0 Å². The lowest BCUT2D eigenvalue weighted by atomic mass is 9.75. The SMILES string of the molecule is CCCCCC1CCC(c2c(F)c(F)c(F)c(F)c2-c2ccc(-c3ccccc3)c(F)c2F)CC1. The van der Waals surface area contributed by atoms with Gasteiger partial charge in [0, 0.05) is 22.3 Å². The Morgan fingerprint density at radius 3 is 1.89 bits per heavy atom. The number of unbranched alkanes of at least 4 members (excludes halogenated alkanes) is 2. The lowest BCUT2D eigenvalue weighted by molar-refractivity contribution is 0.295. The van der Waals surface area contributed by atoms with Crippen molar-refractivity contribution in [2.45, 2.75) is 64.2 Å². The van der Waals surface area contributed by atoms with Gasteiger partial charge in [-0.05, 0) is 43.1 Å². The van der Waals surface area contributed by atoms with Crippen molar-refractivity contribution in [3.8, 4) is 22.3 Å². The zero-order chi connectivity index (χ0) is 25.1. The van der Waals surface area contributed by atoms with Gasteiger partial charge in [-0.3, -0.25) is 0 Å². The molecule has 0 bridgehead atoms. The van der Waals surface area contributed by atoms with Crippen LogP contribution in [-0.2, 0) is 0 Å². The Labute approximate surface area is 202 Å². The molecule has 4 rings (SSSR count). The molecule has 6 heteroatoms. The Hall–Kier alpha value is -2.76. The fraction of sp³-hybridized carbons (Fsp3) is 0.379. The van der Waals surface area contributed by atoms with Crippen LogP contribution in [0.5, 0.6) is 0 Å². The van der Waals surface area contributed by atoms with Gasteiger partial charge in [-0.1, -0.05) is 75.1 Å². The van der Waals surface area contributed by atoms with Crippen LogP contribution in [-0.4, -0.2) is 0 Å². The average molecular weight is 491 g/mol. The molecule has 0 unspecified atom stereocenters. The number of benzene rings is 3. The summed E-state index contributed by atoms with van der Waals surface area (Å²) in [6.07, 6.45) is 6.69. The summed E-state index contributed by atoms with van der Waals surface area (Å²) in [4.78, 5) is 0. The van der Waals surface area contributed by atoms with Crippen LogP contribution in [0.1, 0.15) is 69.8 Å². The molecule has 1 aliphatic rings. The Morgan fingerprint density at radius 2 is 1.23 bits per heavy atom. The van der Waals surface area contributed by atoms with E-state index in [0.29, 0.717) is 24.3 Å². The van der Waals surface area contributed by atoms with Crippen molar-refractivity contribution in [3.05, 3.63) is 82.9 Å². The highest BCUT2D eigenvalue weighted by Gasteiger charge is 2.34. The Balaban J connectivity index is 1.76. The summed E-state index contributed by atoms with van der Waals surface area (Å²) in [6, 6.07) is 10.5. The Kier molecular flexibility index (Phi) is 7.88. The maximum Gasteiger partial charge on any atom is 0.198 e. The van der Waals surface area contributed by atoms with E-state index in [2.05, 4.69) is 6.92 Å². The van der Waals surface area contributed by atoms with E-state index in [0.717, 1.165) is 44.6 Å². The first-order chi connectivity index (χ1) is 16.8. The topological polar surface area (TPSA) is 0 Å². The fourth-order valence-corrected chi connectivity index (χ4v) is 5.30. The molecule has 35 heavy (non-hydrogen) atoms. The Bertz CT molecular complexity index is 1180. The van der Waals surface area contributed by atoms with Gasteiger partial charge in [0.15, 0.2) is 34.9 Å². The minimum atomic E-state index is -2.03. The molecule has 0 aromatic heterocycles. The third kappa shape index (κ3) is 4.98. The number of hydrogen-bond acceptors (Lipinski definition) is 0. The van der Waals surface area contributed by atoms with Crippen molar-refractivity contribution in [2.24, 2.45) is 5.92 Å². The number of hydrogen-bond donors (Lipinski definition) is 0. The largest absolute Gasteiger partial charge is 0.203 e. The van der Waals surface area contributed by atoms with E-state index >= 15 is 17.6 Å². The van der Waals surface area contributed by atoms with Gasteiger partial charge in [0.2, 0.25) is 0 Å². The van der Waals surface area contributed by atoms with Crippen molar-refractivity contribution in [1.29, 1.82) is 0 Å². The van der Waals surface area contributed by atoms with Gasteiger partial charge in [0.05, 0.1) is 0 Å². The van der Waals surface area contributed by atoms with Crippen molar-refractivity contribution >= 4 is 0 Å². The highest BCUT2D eigenvalue weighted by atomic mass is 19.2. The second-order valence-corrected chi connectivity index (χ2v) is 9.41. The molecule has 0 amide bonds. The van der Waals surface area contributed by atoms with Gasteiger partial charge < -0.3 is 0 Å². The predicted octanol–water partition coefficient (Wildman–Crippen LogP) is 9.71. The number of halogens is 6. The molecule has 0 heterocycles. The van der Waals surface area contributed by atoms with Crippen molar-refractivity contribution < 1.29 is 26.3 Å². The molecule has 1 fully saturated rings. The van der Waals surface area contributed by atoms with Crippen LogP contribution in [0.25, 0.3) is 22.3 Å². The minimum Gasteiger partial charge on any atom is -0.203 e. The molecular formula is C29H28F6. The zero-order valence-electron chi connectivity index (χ0n) is 19.6. The first-order valence-corrected chi connectivity index (χ1v) is 12.2. The van der Waals surface area contributed by atoms with Crippen LogP contribution in [0.3, 0.4) is 0 Å². The third-order valence-corrected chi connectivity index (χ3v) is 7.21. The summed E-state index contributed by atoms with van der Waals surface area (Å²) < 4.78 is 89.1. The van der Waals surface area contributed by atoms with Gasteiger partial charge in [-0.2, -0.15) is 0 Å². The van der Waals surface area contributed by atoms with Crippen LogP contribution in [0.4, 0.5) is 26.3 Å². The maximum absolute atomic E-state index is 15.3. The molecule has 0 nitrogen and oxygen atoms in total. The van der Waals surface area contributed by atoms with Crippen molar-refractivity contribution in [2.75, 3.05) is 0 Å². The first kappa shape index (κ1) is 25.3. The van der Waals surface area contributed by atoms with Crippen LogP contribution >= 0.6 is 0 Å². The monoisotopic (exact) mass is 490 g/mol. The Morgan fingerprint density at radius 1 is 0.629 bits per heavy atom. The summed E-state index contributed by atoms with van der Waals surface area (Å²) in [5, 5.41) is 0. The minimum absolute atomic E-state index is 0.0653. The molecule has 3 aromatic rings. The smallest absolute Gasteiger partial charge is 0.198 e. The van der Waals surface area contributed by atoms with Crippen LogP contribution in [0.15, 0.2) is 42.5 Å². The standard InChI is InChI=1S/C29H28F6/c1-2-3-5-8-17-11-13-19(14-12-17)22-23(27(33)29(35)28(34)26(22)32)21-16-15-20(24(30)25(21)31)18-9-6-4-7-10-18/h4,6-7,9-10,15-17,19H,2-3,5,8,11-14H2,1H3. The van der Waals surface area contributed by atoms with E-state index < -0.39 is 57.5 Å². The molecule has 0 saturated heterocycles. The normalized spacial score (nSPS) is 18.1. The van der Waals surface area contributed by atoms with Gasteiger partial charge in [-0.15, -0.1) is 0 Å².